The molecule has 2 rings (SSSR count). The first kappa shape index (κ1) is 16.5. The van der Waals surface area contributed by atoms with Crippen LogP contribution >= 0.6 is 43.5 Å². The van der Waals surface area contributed by atoms with Gasteiger partial charge in [0.25, 0.3) is 10.0 Å². The van der Waals surface area contributed by atoms with Crippen molar-refractivity contribution in [2.24, 2.45) is 0 Å². The summed E-state index contributed by atoms with van der Waals surface area (Å²) in [5.74, 6) is -0.699. The van der Waals surface area contributed by atoms with E-state index in [-0.39, 0.29) is 15.1 Å². The second-order valence-electron chi connectivity index (χ2n) is 4.04. The van der Waals surface area contributed by atoms with E-state index >= 15 is 0 Å². The van der Waals surface area contributed by atoms with E-state index in [4.69, 9.17) is 17.3 Å². The van der Waals surface area contributed by atoms with Gasteiger partial charge in [0, 0.05) is 8.95 Å². The minimum absolute atomic E-state index is 0.0785. The molecule has 112 valence electrons. The summed E-state index contributed by atoms with van der Waals surface area (Å²) in [4.78, 5) is -0.160. The Morgan fingerprint density at radius 1 is 1.14 bits per heavy atom. The number of benzene rings is 2. The number of rotatable bonds is 3. The van der Waals surface area contributed by atoms with E-state index in [9.17, 15) is 12.8 Å². The van der Waals surface area contributed by atoms with Gasteiger partial charge in [-0.1, -0.05) is 11.6 Å². The molecule has 0 heterocycles. The highest BCUT2D eigenvalue weighted by molar-refractivity contribution is 9.10. The van der Waals surface area contributed by atoms with Gasteiger partial charge in [0.2, 0.25) is 0 Å². The Morgan fingerprint density at radius 2 is 1.81 bits per heavy atom. The van der Waals surface area contributed by atoms with Crippen molar-refractivity contribution in [2.75, 3.05) is 10.5 Å². The van der Waals surface area contributed by atoms with Gasteiger partial charge >= 0.3 is 0 Å². The van der Waals surface area contributed by atoms with Gasteiger partial charge in [-0.2, -0.15) is 0 Å². The summed E-state index contributed by atoms with van der Waals surface area (Å²) in [6, 6.07) is 6.61. The van der Waals surface area contributed by atoms with Gasteiger partial charge < -0.3 is 5.73 Å². The van der Waals surface area contributed by atoms with Crippen LogP contribution in [0.3, 0.4) is 0 Å². The van der Waals surface area contributed by atoms with Crippen molar-refractivity contribution in [1.82, 2.24) is 0 Å². The monoisotopic (exact) mass is 456 g/mol. The Bertz CT molecular complexity index is 815. The van der Waals surface area contributed by atoms with Crippen LogP contribution in [0.2, 0.25) is 5.02 Å². The lowest BCUT2D eigenvalue weighted by atomic mass is 10.3. The zero-order valence-corrected chi connectivity index (χ0v) is 14.9. The first-order valence-electron chi connectivity index (χ1n) is 5.43. The fourth-order valence-corrected chi connectivity index (χ4v) is 4.12. The number of nitrogens with one attached hydrogen (secondary N) is 1. The lowest BCUT2D eigenvalue weighted by molar-refractivity contribution is 0.599. The molecule has 4 nitrogen and oxygen atoms in total. The predicted molar refractivity (Wildman–Crippen MR) is 88.5 cm³/mol. The Labute approximate surface area is 142 Å². The summed E-state index contributed by atoms with van der Waals surface area (Å²) in [7, 11) is -3.92. The van der Waals surface area contributed by atoms with E-state index in [0.717, 1.165) is 12.1 Å². The van der Waals surface area contributed by atoms with Crippen molar-refractivity contribution in [1.29, 1.82) is 0 Å². The Morgan fingerprint density at radius 3 is 2.43 bits per heavy atom. The van der Waals surface area contributed by atoms with Crippen LogP contribution < -0.4 is 10.5 Å². The number of nitrogen functional groups attached to an aromatic ring is 1. The molecular weight excluding hydrogens is 450 g/mol. The quantitative estimate of drug-likeness (QED) is 0.671. The van der Waals surface area contributed by atoms with Crippen molar-refractivity contribution in [2.45, 2.75) is 4.90 Å². The molecule has 0 atom stereocenters. The molecule has 0 fully saturated rings. The Balaban J connectivity index is 2.43. The average molecular weight is 459 g/mol. The molecule has 0 aliphatic rings. The molecule has 0 spiro atoms. The molecule has 0 aliphatic carbocycles. The van der Waals surface area contributed by atoms with Crippen LogP contribution in [0.25, 0.3) is 0 Å². The minimum atomic E-state index is -3.92. The minimum Gasteiger partial charge on any atom is -0.396 e. The van der Waals surface area contributed by atoms with Gasteiger partial charge in [0.05, 0.1) is 16.4 Å². The second kappa shape index (κ2) is 6.12. The van der Waals surface area contributed by atoms with Crippen molar-refractivity contribution in [3.8, 4) is 0 Å². The summed E-state index contributed by atoms with van der Waals surface area (Å²) >= 11 is 12.1. The molecule has 0 unspecified atom stereocenters. The average Bonchev–Trinajstić information content (AvgIpc) is 2.37. The van der Waals surface area contributed by atoms with Gasteiger partial charge in [-0.3, -0.25) is 4.72 Å². The van der Waals surface area contributed by atoms with E-state index in [1.165, 1.54) is 18.2 Å². The number of halogens is 4. The summed E-state index contributed by atoms with van der Waals surface area (Å²) < 4.78 is 40.9. The molecule has 9 heteroatoms. The predicted octanol–water partition coefficient (Wildman–Crippen LogP) is 4.39. The van der Waals surface area contributed by atoms with Gasteiger partial charge in [0.15, 0.2) is 0 Å². The van der Waals surface area contributed by atoms with Crippen molar-refractivity contribution in [3.63, 3.8) is 0 Å². The summed E-state index contributed by atoms with van der Waals surface area (Å²) in [5.41, 5.74) is 5.46. The highest BCUT2D eigenvalue weighted by Crippen LogP contribution is 2.30. The van der Waals surface area contributed by atoms with Crippen LogP contribution in [0.4, 0.5) is 15.8 Å². The first-order chi connectivity index (χ1) is 9.70. The van der Waals surface area contributed by atoms with E-state index in [2.05, 4.69) is 36.6 Å². The SMILES string of the molecule is Nc1cc(S(=O)(=O)Nc2ccc(Cl)c(Br)c2)c(Br)cc1F. The smallest absolute Gasteiger partial charge is 0.263 e. The van der Waals surface area contributed by atoms with Crippen LogP contribution in [0.15, 0.2) is 44.2 Å². The third kappa shape index (κ3) is 3.68. The Kier molecular flexibility index (Phi) is 4.82. The molecule has 2 aromatic rings. The summed E-state index contributed by atoms with van der Waals surface area (Å²) in [5, 5.41) is 0.449. The zero-order valence-electron chi connectivity index (χ0n) is 10.2. The van der Waals surface area contributed by atoms with Crippen molar-refractivity contribution in [3.05, 3.63) is 50.1 Å². The third-order valence-corrected chi connectivity index (χ3v) is 6.07. The maximum atomic E-state index is 13.3. The summed E-state index contributed by atoms with van der Waals surface area (Å²) in [6.45, 7) is 0. The highest BCUT2D eigenvalue weighted by atomic mass is 79.9. The van der Waals surface area contributed by atoms with E-state index < -0.39 is 15.8 Å². The molecule has 0 aromatic heterocycles. The zero-order chi connectivity index (χ0) is 15.8. The molecule has 0 saturated heterocycles. The van der Waals surface area contributed by atoms with Crippen LogP contribution in [0.1, 0.15) is 0 Å². The van der Waals surface area contributed by atoms with E-state index in [1.54, 1.807) is 0 Å². The molecular formula is C12H8Br2ClFN2O2S. The summed E-state index contributed by atoms with van der Waals surface area (Å²) in [6.07, 6.45) is 0. The van der Waals surface area contributed by atoms with Gasteiger partial charge in [-0.15, -0.1) is 0 Å². The van der Waals surface area contributed by atoms with Gasteiger partial charge in [0.1, 0.15) is 10.7 Å². The highest BCUT2D eigenvalue weighted by Gasteiger charge is 2.20. The molecule has 0 radical (unpaired) electrons. The molecule has 3 N–H and O–H groups in total. The fourth-order valence-electron chi connectivity index (χ4n) is 1.52. The van der Waals surface area contributed by atoms with E-state index in [1.807, 2.05) is 0 Å². The first-order valence-corrected chi connectivity index (χ1v) is 8.88. The fraction of sp³-hybridized carbons (Fsp3) is 0. The molecule has 0 aliphatic heterocycles. The lowest BCUT2D eigenvalue weighted by Crippen LogP contribution is -2.14. The van der Waals surface area contributed by atoms with Crippen molar-refractivity contribution >= 4 is 64.9 Å². The van der Waals surface area contributed by atoms with Crippen LogP contribution in [0.5, 0.6) is 0 Å². The molecule has 2 aromatic carbocycles. The lowest BCUT2D eigenvalue weighted by Gasteiger charge is -2.11. The normalized spacial score (nSPS) is 11.4. The number of nitrogens with two attached hydrogens (primary N) is 1. The number of sulfonamides is 1. The second-order valence-corrected chi connectivity index (χ2v) is 7.81. The Hall–Kier alpha value is -0.830. The van der Waals surface area contributed by atoms with Crippen LogP contribution in [0, 0.1) is 5.82 Å². The van der Waals surface area contributed by atoms with Crippen molar-refractivity contribution < 1.29 is 12.8 Å². The topological polar surface area (TPSA) is 72.2 Å². The third-order valence-electron chi connectivity index (χ3n) is 2.51. The number of hydrogen-bond donors (Lipinski definition) is 2. The molecule has 21 heavy (non-hydrogen) atoms. The van der Waals surface area contributed by atoms with Crippen LogP contribution in [-0.2, 0) is 10.0 Å². The van der Waals surface area contributed by atoms with Crippen LogP contribution in [-0.4, -0.2) is 8.42 Å². The maximum Gasteiger partial charge on any atom is 0.263 e. The number of hydrogen-bond acceptors (Lipinski definition) is 3. The largest absolute Gasteiger partial charge is 0.396 e. The maximum absolute atomic E-state index is 13.3. The number of anilines is 2. The molecule has 0 saturated carbocycles. The standard InChI is InChI=1S/C12H8Br2ClFN2O2S/c13-7-3-6(1-2-9(7)15)18-21(19,20)12-5-11(17)10(16)4-8(12)14/h1-5,18H,17H2. The van der Waals surface area contributed by atoms with Gasteiger partial charge in [-0.05, 0) is 62.2 Å². The molecule has 0 amide bonds. The molecule has 0 bridgehead atoms. The van der Waals surface area contributed by atoms with E-state index in [0.29, 0.717) is 15.2 Å². The van der Waals surface area contributed by atoms with Gasteiger partial charge in [-0.25, -0.2) is 12.8 Å².